The van der Waals surface area contributed by atoms with Gasteiger partial charge in [-0.05, 0) is 6.07 Å². The monoisotopic (exact) mass is 327 g/mol. The molecule has 0 amide bonds. The molecule has 1 saturated heterocycles. The lowest BCUT2D eigenvalue weighted by Crippen LogP contribution is -2.37. The van der Waals surface area contributed by atoms with Gasteiger partial charge in [-0.2, -0.15) is 4.40 Å². The predicted molar refractivity (Wildman–Crippen MR) is 98.2 cm³/mol. The Morgan fingerprint density at radius 3 is 2.16 bits per heavy atom. The molecule has 1 unspecified atom stereocenters. The average Bonchev–Trinajstić information content (AvgIpc) is 3.44. The number of imidazole rings is 1. The van der Waals surface area contributed by atoms with E-state index in [1.165, 1.54) is 28.2 Å². The number of hydrogen-bond donors (Lipinski definition) is 0. The fourth-order valence-electron chi connectivity index (χ4n) is 3.52. The van der Waals surface area contributed by atoms with E-state index in [-0.39, 0.29) is 0 Å². The van der Waals surface area contributed by atoms with Crippen LogP contribution < -0.4 is 4.57 Å². The molecule has 2 aromatic heterocycles. The average molecular weight is 327 g/mol. The van der Waals surface area contributed by atoms with Crippen LogP contribution in [0.1, 0.15) is 0 Å². The van der Waals surface area contributed by atoms with Crippen LogP contribution in [0.2, 0.25) is 0 Å². The van der Waals surface area contributed by atoms with Gasteiger partial charge in [0.2, 0.25) is 0 Å². The summed E-state index contributed by atoms with van der Waals surface area (Å²) in [7, 11) is 0. The molecule has 3 heterocycles. The number of epoxide rings is 1. The first kappa shape index (κ1) is 14.4. The summed E-state index contributed by atoms with van der Waals surface area (Å²) in [5, 5.41) is 0. The molecular formula is C22H19N2O+. The minimum atomic E-state index is 0.322. The van der Waals surface area contributed by atoms with Gasteiger partial charge in [-0.1, -0.05) is 66.7 Å². The number of ether oxygens (including phenoxy) is 1. The van der Waals surface area contributed by atoms with E-state index in [9.17, 15) is 0 Å². The van der Waals surface area contributed by atoms with Crippen molar-refractivity contribution in [3.05, 3.63) is 85.1 Å². The summed E-state index contributed by atoms with van der Waals surface area (Å²) in [6.07, 6.45) is 2.47. The van der Waals surface area contributed by atoms with Crippen molar-refractivity contribution in [3.63, 3.8) is 0 Å². The molecule has 0 N–H and O–H groups in total. The van der Waals surface area contributed by atoms with Crippen molar-refractivity contribution < 1.29 is 9.30 Å². The standard InChI is InChI=1S/C22H19N2O/c1-3-9-17(10-4-1)21-22(18-11-5-2-6-12-18)24(15-19-16-25-19)20-13-7-8-14-23(20)21/h1-14,19H,15-16H2/q+1. The van der Waals surface area contributed by atoms with E-state index in [2.05, 4.69) is 94.0 Å². The van der Waals surface area contributed by atoms with Crippen LogP contribution in [0.4, 0.5) is 0 Å². The van der Waals surface area contributed by atoms with E-state index in [4.69, 9.17) is 4.74 Å². The highest BCUT2D eigenvalue weighted by Crippen LogP contribution is 2.32. The number of rotatable bonds is 4. The minimum absolute atomic E-state index is 0.322. The molecule has 122 valence electrons. The number of fused-ring (bicyclic) bond motifs is 1. The normalized spacial score (nSPS) is 16.2. The van der Waals surface area contributed by atoms with Crippen LogP contribution in [-0.4, -0.2) is 17.1 Å². The first-order valence-corrected chi connectivity index (χ1v) is 8.67. The molecule has 0 radical (unpaired) electrons. The number of pyridine rings is 1. The summed E-state index contributed by atoms with van der Waals surface area (Å²) in [5.41, 5.74) is 6.11. The lowest BCUT2D eigenvalue weighted by atomic mass is 10.0. The van der Waals surface area contributed by atoms with Crippen LogP contribution in [0.5, 0.6) is 0 Å². The summed E-state index contributed by atoms with van der Waals surface area (Å²) >= 11 is 0. The SMILES string of the molecule is c1ccc(-c2c(-c3ccccc3)[n+](CC3CO3)c3ccccn23)cc1. The molecule has 3 heteroatoms. The predicted octanol–water partition coefficient (Wildman–Crippen LogP) is 3.96. The molecule has 0 saturated carbocycles. The Labute approximate surface area is 146 Å². The fraction of sp³-hybridized carbons (Fsp3) is 0.136. The number of aromatic nitrogens is 2. The van der Waals surface area contributed by atoms with Crippen LogP contribution in [0.25, 0.3) is 28.2 Å². The highest BCUT2D eigenvalue weighted by atomic mass is 16.6. The van der Waals surface area contributed by atoms with Gasteiger partial charge in [0, 0.05) is 17.2 Å². The fourth-order valence-corrected chi connectivity index (χ4v) is 3.52. The van der Waals surface area contributed by atoms with Crippen LogP contribution in [-0.2, 0) is 11.3 Å². The van der Waals surface area contributed by atoms with Crippen LogP contribution in [0, 0.1) is 0 Å². The zero-order valence-corrected chi connectivity index (χ0v) is 13.9. The summed E-state index contributed by atoms with van der Waals surface area (Å²) in [6.45, 7) is 1.73. The maximum atomic E-state index is 5.54. The van der Waals surface area contributed by atoms with E-state index in [1.807, 2.05) is 0 Å². The lowest BCUT2D eigenvalue weighted by Gasteiger charge is -2.04. The van der Waals surface area contributed by atoms with E-state index in [0.717, 1.165) is 13.2 Å². The van der Waals surface area contributed by atoms with Gasteiger partial charge in [0.05, 0.1) is 12.8 Å². The van der Waals surface area contributed by atoms with Crippen molar-refractivity contribution >= 4 is 5.65 Å². The molecule has 5 rings (SSSR count). The largest absolute Gasteiger partial charge is 0.369 e. The number of hydrogen-bond acceptors (Lipinski definition) is 1. The summed E-state index contributed by atoms with van der Waals surface area (Å²) < 4.78 is 10.2. The summed E-state index contributed by atoms with van der Waals surface area (Å²) in [6, 6.07) is 27.6. The molecule has 0 bridgehead atoms. The van der Waals surface area contributed by atoms with Crippen molar-refractivity contribution in [1.82, 2.24) is 4.40 Å². The van der Waals surface area contributed by atoms with E-state index in [0.29, 0.717) is 6.10 Å². The van der Waals surface area contributed by atoms with Gasteiger partial charge >= 0.3 is 0 Å². The Kier molecular flexibility index (Phi) is 3.39. The van der Waals surface area contributed by atoms with Gasteiger partial charge in [0.15, 0.2) is 11.4 Å². The van der Waals surface area contributed by atoms with Gasteiger partial charge in [-0.25, -0.2) is 4.57 Å². The smallest absolute Gasteiger partial charge is 0.287 e. The molecule has 1 aliphatic rings. The summed E-state index contributed by atoms with van der Waals surface area (Å²) in [5.74, 6) is 0. The topological polar surface area (TPSA) is 20.8 Å². The Morgan fingerprint density at radius 2 is 1.48 bits per heavy atom. The Bertz CT molecular complexity index is 1020. The van der Waals surface area contributed by atoms with Crippen LogP contribution in [0.15, 0.2) is 85.1 Å². The first-order valence-electron chi connectivity index (χ1n) is 8.67. The maximum Gasteiger partial charge on any atom is 0.287 e. The zero-order chi connectivity index (χ0) is 16.6. The zero-order valence-electron chi connectivity index (χ0n) is 13.9. The first-order chi connectivity index (χ1) is 12.4. The molecule has 1 fully saturated rings. The molecule has 25 heavy (non-hydrogen) atoms. The van der Waals surface area contributed by atoms with E-state index in [1.54, 1.807) is 0 Å². The van der Waals surface area contributed by atoms with Crippen molar-refractivity contribution in [2.24, 2.45) is 0 Å². The van der Waals surface area contributed by atoms with Crippen molar-refractivity contribution in [2.75, 3.05) is 6.61 Å². The van der Waals surface area contributed by atoms with E-state index >= 15 is 0 Å². The third-order valence-corrected chi connectivity index (χ3v) is 4.73. The quantitative estimate of drug-likeness (QED) is 0.410. The Hall–Kier alpha value is -2.91. The number of nitrogens with zero attached hydrogens (tertiary/aromatic N) is 2. The Balaban J connectivity index is 1.87. The van der Waals surface area contributed by atoms with Gasteiger partial charge in [-0.15, -0.1) is 0 Å². The van der Waals surface area contributed by atoms with Crippen LogP contribution >= 0.6 is 0 Å². The van der Waals surface area contributed by atoms with Gasteiger partial charge < -0.3 is 4.74 Å². The second kappa shape index (κ2) is 5.87. The minimum Gasteiger partial charge on any atom is -0.369 e. The summed E-state index contributed by atoms with van der Waals surface area (Å²) in [4.78, 5) is 0. The second-order valence-electron chi connectivity index (χ2n) is 6.42. The number of benzene rings is 2. The van der Waals surface area contributed by atoms with Crippen LogP contribution in [0.3, 0.4) is 0 Å². The third kappa shape index (κ3) is 2.53. The van der Waals surface area contributed by atoms with Crippen molar-refractivity contribution in [2.45, 2.75) is 12.6 Å². The molecule has 3 nitrogen and oxygen atoms in total. The molecule has 4 aromatic rings. The van der Waals surface area contributed by atoms with Gasteiger partial charge in [-0.3, -0.25) is 0 Å². The second-order valence-corrected chi connectivity index (χ2v) is 6.42. The molecular weight excluding hydrogens is 308 g/mol. The lowest BCUT2D eigenvalue weighted by molar-refractivity contribution is -0.661. The highest BCUT2D eigenvalue weighted by Gasteiger charge is 2.33. The molecule has 1 atom stereocenters. The van der Waals surface area contributed by atoms with Gasteiger partial charge in [0.1, 0.15) is 12.6 Å². The Morgan fingerprint density at radius 1 is 0.840 bits per heavy atom. The molecule has 0 spiro atoms. The van der Waals surface area contributed by atoms with Crippen molar-refractivity contribution in [3.8, 4) is 22.5 Å². The molecule has 0 aliphatic carbocycles. The maximum absolute atomic E-state index is 5.54. The highest BCUT2D eigenvalue weighted by molar-refractivity contribution is 5.78. The van der Waals surface area contributed by atoms with E-state index < -0.39 is 0 Å². The molecule has 2 aromatic carbocycles. The third-order valence-electron chi connectivity index (χ3n) is 4.73. The van der Waals surface area contributed by atoms with Gasteiger partial charge in [0.25, 0.3) is 5.65 Å². The van der Waals surface area contributed by atoms with Crippen molar-refractivity contribution in [1.29, 1.82) is 0 Å². The molecule has 1 aliphatic heterocycles.